The van der Waals surface area contributed by atoms with Gasteiger partial charge in [0.25, 0.3) is 0 Å². The SMILES string of the molecule is COc1cc2cc[nH]c2c(O[C@@H](C(=O)O)C(C)(c2ccccc2)c2ccccc2)n1. The van der Waals surface area contributed by atoms with E-state index in [4.69, 9.17) is 9.47 Å². The molecule has 4 rings (SSSR count). The summed E-state index contributed by atoms with van der Waals surface area (Å²) in [5.41, 5.74) is 1.30. The molecular weight excluding hydrogens is 380 g/mol. The van der Waals surface area contributed by atoms with Crippen LogP contribution in [0.2, 0.25) is 0 Å². The third-order valence-electron chi connectivity index (χ3n) is 5.42. The van der Waals surface area contributed by atoms with Crippen molar-refractivity contribution in [1.29, 1.82) is 0 Å². The fourth-order valence-electron chi connectivity index (χ4n) is 3.76. The van der Waals surface area contributed by atoms with Crippen molar-refractivity contribution >= 4 is 16.9 Å². The molecule has 0 spiro atoms. The number of ether oxygens (including phenoxy) is 2. The molecule has 2 N–H and O–H groups in total. The van der Waals surface area contributed by atoms with E-state index >= 15 is 0 Å². The van der Waals surface area contributed by atoms with E-state index in [0.717, 1.165) is 16.5 Å². The maximum Gasteiger partial charge on any atom is 0.346 e. The average molecular weight is 402 g/mol. The Morgan fingerprint density at radius 1 is 1.03 bits per heavy atom. The molecule has 2 aromatic carbocycles. The lowest BCUT2D eigenvalue weighted by molar-refractivity contribution is -0.147. The van der Waals surface area contributed by atoms with Crippen LogP contribution >= 0.6 is 0 Å². The van der Waals surface area contributed by atoms with E-state index < -0.39 is 17.5 Å². The summed E-state index contributed by atoms with van der Waals surface area (Å²) in [7, 11) is 1.51. The van der Waals surface area contributed by atoms with Gasteiger partial charge in [-0.2, -0.15) is 4.98 Å². The van der Waals surface area contributed by atoms with Crippen LogP contribution in [0.5, 0.6) is 11.8 Å². The monoisotopic (exact) mass is 402 g/mol. The number of carbonyl (C=O) groups is 1. The molecule has 1 atom stereocenters. The third kappa shape index (κ3) is 3.37. The summed E-state index contributed by atoms with van der Waals surface area (Å²) in [4.78, 5) is 20.0. The van der Waals surface area contributed by atoms with Crippen LogP contribution in [0.3, 0.4) is 0 Å². The first kappa shape index (κ1) is 19.5. The largest absolute Gasteiger partial charge is 0.481 e. The predicted molar refractivity (Wildman–Crippen MR) is 114 cm³/mol. The summed E-state index contributed by atoms with van der Waals surface area (Å²) in [6.07, 6.45) is 0.510. The molecule has 6 heteroatoms. The van der Waals surface area contributed by atoms with Gasteiger partial charge in [-0.15, -0.1) is 0 Å². The van der Waals surface area contributed by atoms with E-state index in [1.54, 1.807) is 12.3 Å². The van der Waals surface area contributed by atoms with Gasteiger partial charge in [0.15, 0.2) is 0 Å². The standard InChI is InChI=1S/C24H22N2O4/c1-24(17-9-5-3-6-10-17,18-11-7-4-8-12-18)21(23(27)28)30-22-20-16(13-14-25-20)15-19(26-22)29-2/h3-15,21,25H,1-2H3,(H,27,28)/t21-/m0/s1. The molecule has 0 fully saturated rings. The maximum atomic E-state index is 12.5. The highest BCUT2D eigenvalue weighted by atomic mass is 16.5. The second kappa shape index (κ2) is 7.91. The molecule has 0 bridgehead atoms. The van der Waals surface area contributed by atoms with Gasteiger partial charge in [0.1, 0.15) is 5.52 Å². The van der Waals surface area contributed by atoms with E-state index in [-0.39, 0.29) is 5.88 Å². The molecule has 0 aliphatic rings. The number of aromatic nitrogens is 2. The van der Waals surface area contributed by atoms with E-state index in [2.05, 4.69) is 9.97 Å². The number of carboxylic acids is 1. The zero-order valence-electron chi connectivity index (χ0n) is 16.7. The maximum absolute atomic E-state index is 12.5. The lowest BCUT2D eigenvalue weighted by Crippen LogP contribution is -2.47. The normalized spacial score (nSPS) is 12.5. The van der Waals surface area contributed by atoms with Gasteiger partial charge < -0.3 is 19.6 Å². The summed E-state index contributed by atoms with van der Waals surface area (Å²) < 4.78 is 11.4. The number of methoxy groups -OCH3 is 1. The Morgan fingerprint density at radius 2 is 1.63 bits per heavy atom. The van der Waals surface area contributed by atoms with Gasteiger partial charge in [0.05, 0.1) is 12.5 Å². The van der Waals surface area contributed by atoms with Crippen LogP contribution in [-0.4, -0.2) is 34.3 Å². The van der Waals surface area contributed by atoms with Crippen molar-refractivity contribution in [3.8, 4) is 11.8 Å². The Morgan fingerprint density at radius 3 is 2.17 bits per heavy atom. The fraction of sp³-hybridized carbons (Fsp3) is 0.167. The average Bonchev–Trinajstić information content (AvgIpc) is 3.26. The summed E-state index contributed by atoms with van der Waals surface area (Å²) in [5, 5.41) is 11.1. The van der Waals surface area contributed by atoms with Gasteiger partial charge in [0.2, 0.25) is 17.9 Å². The highest BCUT2D eigenvalue weighted by Gasteiger charge is 2.45. The minimum absolute atomic E-state index is 0.180. The van der Waals surface area contributed by atoms with Crippen LogP contribution < -0.4 is 9.47 Å². The molecule has 0 aliphatic carbocycles. The van der Waals surface area contributed by atoms with Gasteiger partial charge >= 0.3 is 5.97 Å². The van der Waals surface area contributed by atoms with Crippen LogP contribution in [0, 0.1) is 0 Å². The number of benzene rings is 2. The van der Waals surface area contributed by atoms with Crippen LogP contribution in [0.1, 0.15) is 18.1 Å². The molecule has 2 heterocycles. The van der Waals surface area contributed by atoms with Gasteiger partial charge in [-0.25, -0.2) is 4.79 Å². The second-order valence-electron chi connectivity index (χ2n) is 7.18. The van der Waals surface area contributed by atoms with Gasteiger partial charge in [0, 0.05) is 17.6 Å². The lowest BCUT2D eigenvalue weighted by Gasteiger charge is -2.36. The van der Waals surface area contributed by atoms with Crippen molar-refractivity contribution in [1.82, 2.24) is 9.97 Å². The second-order valence-corrected chi connectivity index (χ2v) is 7.18. The van der Waals surface area contributed by atoms with E-state index in [0.29, 0.717) is 11.4 Å². The molecule has 0 aliphatic heterocycles. The molecule has 0 amide bonds. The number of fused-ring (bicyclic) bond motifs is 1. The summed E-state index contributed by atoms with van der Waals surface area (Å²) in [6, 6.07) is 22.6. The molecule has 30 heavy (non-hydrogen) atoms. The number of rotatable bonds is 7. The van der Waals surface area contributed by atoms with E-state index in [1.165, 1.54) is 7.11 Å². The smallest absolute Gasteiger partial charge is 0.346 e. The fourth-order valence-corrected chi connectivity index (χ4v) is 3.76. The first-order valence-electron chi connectivity index (χ1n) is 9.56. The Kier molecular flexibility index (Phi) is 5.14. The number of nitrogens with one attached hydrogen (secondary N) is 1. The van der Waals surface area contributed by atoms with Crippen molar-refractivity contribution in [3.63, 3.8) is 0 Å². The molecule has 0 saturated heterocycles. The van der Waals surface area contributed by atoms with Gasteiger partial charge in [-0.1, -0.05) is 60.7 Å². The zero-order chi connectivity index (χ0) is 21.1. The lowest BCUT2D eigenvalue weighted by atomic mass is 9.72. The zero-order valence-corrected chi connectivity index (χ0v) is 16.7. The predicted octanol–water partition coefficient (Wildman–Crippen LogP) is 4.41. The molecule has 4 aromatic rings. The minimum atomic E-state index is -1.24. The third-order valence-corrected chi connectivity index (χ3v) is 5.42. The summed E-state index contributed by atoms with van der Waals surface area (Å²) >= 11 is 0. The first-order chi connectivity index (χ1) is 14.5. The number of hydrogen-bond donors (Lipinski definition) is 2. The van der Waals surface area contributed by atoms with Crippen molar-refractivity contribution in [2.75, 3.05) is 7.11 Å². The topological polar surface area (TPSA) is 84.4 Å². The van der Waals surface area contributed by atoms with Crippen molar-refractivity contribution in [2.24, 2.45) is 0 Å². The molecule has 152 valence electrons. The number of aliphatic carboxylic acids is 1. The summed E-state index contributed by atoms with van der Waals surface area (Å²) in [5.74, 6) is -0.559. The number of pyridine rings is 1. The van der Waals surface area contributed by atoms with Crippen LogP contribution in [0.25, 0.3) is 10.9 Å². The van der Waals surface area contributed by atoms with E-state index in [9.17, 15) is 9.90 Å². The van der Waals surface area contributed by atoms with E-state index in [1.807, 2.05) is 73.7 Å². The first-order valence-corrected chi connectivity index (χ1v) is 9.56. The van der Waals surface area contributed by atoms with Gasteiger partial charge in [-0.3, -0.25) is 0 Å². The van der Waals surface area contributed by atoms with Gasteiger partial charge in [-0.05, 0) is 24.1 Å². The number of aromatic amines is 1. The van der Waals surface area contributed by atoms with Crippen molar-refractivity contribution in [2.45, 2.75) is 18.4 Å². The van der Waals surface area contributed by atoms with Crippen molar-refractivity contribution in [3.05, 3.63) is 90.1 Å². The highest BCUT2D eigenvalue weighted by Crippen LogP contribution is 2.38. The van der Waals surface area contributed by atoms with Crippen molar-refractivity contribution < 1.29 is 19.4 Å². The number of H-pyrrole nitrogens is 1. The van der Waals surface area contributed by atoms with Crippen LogP contribution in [0.4, 0.5) is 0 Å². The Balaban J connectivity index is 1.88. The van der Waals surface area contributed by atoms with Crippen LogP contribution in [0.15, 0.2) is 79.0 Å². The Labute approximate surface area is 174 Å². The number of carboxylic acid groups (broad SMARTS) is 1. The molecule has 6 nitrogen and oxygen atoms in total. The highest BCUT2D eigenvalue weighted by molar-refractivity contribution is 5.85. The molecule has 0 radical (unpaired) electrons. The number of hydrogen-bond acceptors (Lipinski definition) is 4. The summed E-state index contributed by atoms with van der Waals surface area (Å²) in [6.45, 7) is 1.88. The Bertz CT molecular complexity index is 1120. The minimum Gasteiger partial charge on any atom is -0.481 e. The molecule has 2 aromatic heterocycles. The molecule has 0 saturated carbocycles. The quantitative estimate of drug-likeness (QED) is 0.478. The Hall–Kier alpha value is -3.80. The molecule has 0 unspecified atom stereocenters. The van der Waals surface area contributed by atoms with Crippen LogP contribution in [-0.2, 0) is 10.2 Å². The molecular formula is C24H22N2O4. The number of nitrogens with zero attached hydrogens (tertiary/aromatic N) is 1.